The lowest BCUT2D eigenvalue weighted by Gasteiger charge is -2.14. The molecule has 0 spiro atoms. The van der Waals surface area contributed by atoms with Crippen LogP contribution in [0.1, 0.15) is 38.1 Å². The van der Waals surface area contributed by atoms with Gasteiger partial charge in [0.05, 0.1) is 15.2 Å². The molecule has 92 valence electrons. The van der Waals surface area contributed by atoms with Crippen LogP contribution < -0.4 is 5.32 Å². The molecule has 2 rings (SSSR count). The van der Waals surface area contributed by atoms with Gasteiger partial charge in [0.1, 0.15) is 0 Å². The summed E-state index contributed by atoms with van der Waals surface area (Å²) in [7, 11) is 0. The number of fused-ring (bicyclic) bond motifs is 1. The van der Waals surface area contributed by atoms with Gasteiger partial charge in [0.15, 0.2) is 0 Å². The first-order chi connectivity index (χ1) is 8.19. The highest BCUT2D eigenvalue weighted by atomic mass is 32.1. The maximum Gasteiger partial charge on any atom is 0.0907 e. The third-order valence-electron chi connectivity index (χ3n) is 2.90. The maximum absolute atomic E-state index is 4.47. The number of nitrogens with zero attached hydrogens (tertiary/aromatic N) is 1. The van der Waals surface area contributed by atoms with Crippen LogP contribution in [-0.2, 0) is 0 Å². The highest BCUT2D eigenvalue weighted by molar-refractivity contribution is 7.18. The zero-order chi connectivity index (χ0) is 12.3. The lowest BCUT2D eigenvalue weighted by atomic mass is 10.1. The number of aromatic nitrogens is 1. The van der Waals surface area contributed by atoms with E-state index >= 15 is 0 Å². The summed E-state index contributed by atoms with van der Waals surface area (Å²) in [6, 6.07) is 6.99. The van der Waals surface area contributed by atoms with Crippen molar-refractivity contribution in [2.24, 2.45) is 0 Å². The summed E-state index contributed by atoms with van der Waals surface area (Å²) >= 11 is 1.76. The summed E-state index contributed by atoms with van der Waals surface area (Å²) in [6.07, 6.45) is 3.78. The Labute approximate surface area is 107 Å². The quantitative estimate of drug-likeness (QED) is 0.836. The zero-order valence-electron chi connectivity index (χ0n) is 10.8. The van der Waals surface area contributed by atoms with Crippen molar-refractivity contribution in [3.05, 3.63) is 23.2 Å². The largest absolute Gasteiger partial charge is 0.383 e. The van der Waals surface area contributed by atoms with Crippen LogP contribution in [0.25, 0.3) is 10.2 Å². The monoisotopic (exact) mass is 248 g/mol. The molecule has 0 fully saturated rings. The van der Waals surface area contributed by atoms with Gasteiger partial charge < -0.3 is 5.32 Å². The molecule has 2 nitrogen and oxygen atoms in total. The fraction of sp³-hybridized carbons (Fsp3) is 0.500. The van der Waals surface area contributed by atoms with Crippen molar-refractivity contribution in [1.29, 1.82) is 0 Å². The second-order valence-corrected chi connectivity index (χ2v) is 5.84. The van der Waals surface area contributed by atoms with Gasteiger partial charge in [0, 0.05) is 11.7 Å². The molecule has 2 aromatic rings. The smallest absolute Gasteiger partial charge is 0.0907 e. The molecule has 1 aromatic heterocycles. The van der Waals surface area contributed by atoms with Crippen molar-refractivity contribution >= 4 is 27.2 Å². The molecule has 1 N–H and O–H groups in total. The predicted octanol–water partition coefficient (Wildman–Crippen LogP) is 4.60. The first-order valence-electron chi connectivity index (χ1n) is 6.32. The van der Waals surface area contributed by atoms with Crippen molar-refractivity contribution in [2.45, 2.75) is 46.1 Å². The molecule has 17 heavy (non-hydrogen) atoms. The van der Waals surface area contributed by atoms with E-state index in [-0.39, 0.29) is 0 Å². The number of thiazole rings is 1. The van der Waals surface area contributed by atoms with Crippen LogP contribution in [0.5, 0.6) is 0 Å². The molecule has 1 heterocycles. The van der Waals surface area contributed by atoms with Crippen LogP contribution in [0.2, 0.25) is 0 Å². The molecule has 0 radical (unpaired) electrons. The Bertz CT molecular complexity index is 490. The van der Waals surface area contributed by atoms with Gasteiger partial charge in [-0.3, -0.25) is 0 Å². The Morgan fingerprint density at radius 3 is 3.00 bits per heavy atom. The van der Waals surface area contributed by atoms with E-state index in [1.807, 2.05) is 0 Å². The van der Waals surface area contributed by atoms with Gasteiger partial charge >= 0.3 is 0 Å². The third kappa shape index (κ3) is 3.19. The van der Waals surface area contributed by atoms with E-state index < -0.39 is 0 Å². The fourth-order valence-corrected chi connectivity index (χ4v) is 2.86. The lowest BCUT2D eigenvalue weighted by molar-refractivity contribution is 0.645. The summed E-state index contributed by atoms with van der Waals surface area (Å²) in [6.45, 7) is 6.54. The number of hydrogen-bond donors (Lipinski definition) is 1. The van der Waals surface area contributed by atoms with E-state index in [1.54, 1.807) is 11.3 Å². The summed E-state index contributed by atoms with van der Waals surface area (Å²) in [5.74, 6) is 0. The molecule has 0 aliphatic rings. The first kappa shape index (κ1) is 12.4. The molecular formula is C14H20N2S. The van der Waals surface area contributed by atoms with Crippen LogP contribution in [0.3, 0.4) is 0 Å². The number of aryl methyl sites for hydroxylation is 1. The summed E-state index contributed by atoms with van der Waals surface area (Å²) in [5, 5.41) is 4.69. The fourth-order valence-electron chi connectivity index (χ4n) is 2.00. The van der Waals surface area contributed by atoms with Crippen molar-refractivity contribution in [3.8, 4) is 0 Å². The Hall–Kier alpha value is -1.09. The Kier molecular flexibility index (Phi) is 4.00. The average Bonchev–Trinajstić information content (AvgIpc) is 2.65. The molecule has 0 aliphatic heterocycles. The van der Waals surface area contributed by atoms with E-state index in [0.29, 0.717) is 6.04 Å². The molecule has 0 bridgehead atoms. The predicted molar refractivity (Wildman–Crippen MR) is 77.0 cm³/mol. The minimum Gasteiger partial charge on any atom is -0.383 e. The number of nitrogens with one attached hydrogen (secondary N) is 1. The van der Waals surface area contributed by atoms with Gasteiger partial charge in [-0.15, -0.1) is 11.3 Å². The van der Waals surface area contributed by atoms with Crippen LogP contribution in [-0.4, -0.2) is 11.0 Å². The number of anilines is 1. The van der Waals surface area contributed by atoms with Crippen LogP contribution in [0.4, 0.5) is 5.69 Å². The summed E-state index contributed by atoms with van der Waals surface area (Å²) in [4.78, 5) is 4.47. The molecular weight excluding hydrogens is 228 g/mol. The Morgan fingerprint density at radius 1 is 1.41 bits per heavy atom. The highest BCUT2D eigenvalue weighted by Crippen LogP contribution is 2.25. The van der Waals surface area contributed by atoms with E-state index in [9.17, 15) is 0 Å². The topological polar surface area (TPSA) is 24.9 Å². The van der Waals surface area contributed by atoms with Gasteiger partial charge in [-0.25, -0.2) is 4.98 Å². The zero-order valence-corrected chi connectivity index (χ0v) is 11.6. The van der Waals surface area contributed by atoms with Gasteiger partial charge in [0.25, 0.3) is 0 Å². The molecule has 1 aromatic carbocycles. The normalized spacial score (nSPS) is 12.9. The number of rotatable bonds is 5. The van der Waals surface area contributed by atoms with Crippen molar-refractivity contribution < 1.29 is 0 Å². The average molecular weight is 248 g/mol. The molecule has 3 heteroatoms. The van der Waals surface area contributed by atoms with Gasteiger partial charge in [-0.1, -0.05) is 19.8 Å². The second kappa shape index (κ2) is 5.50. The lowest BCUT2D eigenvalue weighted by Crippen LogP contribution is -2.14. The maximum atomic E-state index is 4.47. The van der Waals surface area contributed by atoms with Gasteiger partial charge in [-0.05, 0) is 38.5 Å². The third-order valence-corrected chi connectivity index (χ3v) is 3.83. The Morgan fingerprint density at radius 2 is 2.24 bits per heavy atom. The highest BCUT2D eigenvalue weighted by Gasteiger charge is 2.04. The standard InChI is InChI=1S/C14H20N2S/c1-4-5-6-10(2)15-12-7-8-13-14(9-12)17-11(3)16-13/h7-10,15H,4-6H2,1-3H3. The molecule has 0 saturated heterocycles. The van der Waals surface area contributed by atoms with Crippen molar-refractivity contribution in [1.82, 2.24) is 4.98 Å². The summed E-state index contributed by atoms with van der Waals surface area (Å²) < 4.78 is 1.27. The Balaban J connectivity index is 2.08. The van der Waals surface area contributed by atoms with E-state index in [1.165, 1.54) is 29.6 Å². The van der Waals surface area contributed by atoms with Crippen LogP contribution in [0.15, 0.2) is 18.2 Å². The van der Waals surface area contributed by atoms with Crippen molar-refractivity contribution in [2.75, 3.05) is 5.32 Å². The van der Waals surface area contributed by atoms with E-state index in [0.717, 1.165) is 10.5 Å². The number of unbranched alkanes of at least 4 members (excludes halogenated alkanes) is 1. The first-order valence-corrected chi connectivity index (χ1v) is 7.14. The SMILES string of the molecule is CCCCC(C)Nc1ccc2nc(C)sc2c1. The number of benzene rings is 1. The number of hydrogen-bond acceptors (Lipinski definition) is 3. The molecule has 0 aliphatic carbocycles. The van der Waals surface area contributed by atoms with Crippen LogP contribution in [0, 0.1) is 6.92 Å². The molecule has 0 amide bonds. The molecule has 1 unspecified atom stereocenters. The molecule has 1 atom stereocenters. The van der Waals surface area contributed by atoms with E-state index in [2.05, 4.69) is 49.3 Å². The van der Waals surface area contributed by atoms with Gasteiger partial charge in [0.2, 0.25) is 0 Å². The second-order valence-electron chi connectivity index (χ2n) is 4.60. The minimum atomic E-state index is 0.543. The minimum absolute atomic E-state index is 0.543. The van der Waals surface area contributed by atoms with Crippen LogP contribution >= 0.6 is 11.3 Å². The van der Waals surface area contributed by atoms with E-state index in [4.69, 9.17) is 0 Å². The van der Waals surface area contributed by atoms with Gasteiger partial charge in [-0.2, -0.15) is 0 Å². The summed E-state index contributed by atoms with van der Waals surface area (Å²) in [5.41, 5.74) is 2.32. The van der Waals surface area contributed by atoms with Crippen molar-refractivity contribution in [3.63, 3.8) is 0 Å². The molecule has 0 saturated carbocycles.